The summed E-state index contributed by atoms with van der Waals surface area (Å²) < 4.78 is 1.83. The third-order valence-electron chi connectivity index (χ3n) is 2.85. The number of anilines is 1. The number of aryl methyl sites for hydroxylation is 1. The zero-order chi connectivity index (χ0) is 13.3. The molecule has 0 amide bonds. The van der Waals surface area contributed by atoms with Gasteiger partial charge in [-0.2, -0.15) is 5.10 Å². The molecule has 0 aliphatic rings. The Hall–Kier alpha value is -1.48. The fourth-order valence-electron chi connectivity index (χ4n) is 1.70. The number of benzene rings is 1. The largest absolute Gasteiger partial charge is 0.282 e. The van der Waals surface area contributed by atoms with Crippen molar-refractivity contribution in [3.05, 3.63) is 41.6 Å². The van der Waals surface area contributed by atoms with Crippen molar-refractivity contribution in [1.29, 1.82) is 0 Å². The Morgan fingerprint density at radius 3 is 2.28 bits per heavy atom. The van der Waals surface area contributed by atoms with Crippen LogP contribution in [0, 0.1) is 6.92 Å². The number of hydrogen-bond donors (Lipinski definition) is 1. The van der Waals surface area contributed by atoms with Crippen molar-refractivity contribution in [1.82, 2.24) is 9.78 Å². The van der Waals surface area contributed by atoms with Crippen LogP contribution in [0.15, 0.2) is 30.3 Å². The van der Waals surface area contributed by atoms with E-state index < -0.39 is 0 Å². The fraction of sp³-hybridized carbons (Fsp3) is 0.357. The van der Waals surface area contributed by atoms with E-state index in [1.54, 1.807) is 0 Å². The predicted octanol–water partition coefficient (Wildman–Crippen LogP) is 4.04. The lowest BCUT2D eigenvalue weighted by atomic mass is 9.92. The van der Waals surface area contributed by atoms with Crippen LogP contribution in [0.4, 0.5) is 5.82 Å². The molecule has 1 aromatic carbocycles. The average molecular weight is 264 g/mol. The molecule has 0 unspecified atom stereocenters. The molecule has 1 N–H and O–H groups in total. The first-order valence-electron chi connectivity index (χ1n) is 5.96. The van der Waals surface area contributed by atoms with Crippen LogP contribution in [0.25, 0.3) is 5.69 Å². The summed E-state index contributed by atoms with van der Waals surface area (Å²) in [4.78, 5) is 2.67. The molecule has 1 heterocycles. The molecule has 0 atom stereocenters. The highest BCUT2D eigenvalue weighted by Crippen LogP contribution is 2.26. The SMILES string of the molecule is Cc1ccc(-n2nc(C(C)(C)C)cc2NCl)cc1. The Balaban J connectivity index is 2.50. The van der Waals surface area contributed by atoms with Gasteiger partial charge in [0.05, 0.1) is 11.4 Å². The number of rotatable bonds is 2. The molecule has 0 saturated heterocycles. The summed E-state index contributed by atoms with van der Waals surface area (Å²) in [6.45, 7) is 8.46. The average Bonchev–Trinajstić information content (AvgIpc) is 2.73. The highest BCUT2D eigenvalue weighted by Gasteiger charge is 2.20. The number of nitrogens with zero attached hydrogens (tertiary/aromatic N) is 2. The second-order valence-corrected chi connectivity index (χ2v) is 5.70. The molecular formula is C14H18ClN3. The second-order valence-electron chi connectivity index (χ2n) is 5.51. The molecule has 1 aromatic heterocycles. The smallest absolute Gasteiger partial charge is 0.144 e. The van der Waals surface area contributed by atoms with Gasteiger partial charge in [-0.05, 0) is 19.1 Å². The van der Waals surface area contributed by atoms with Crippen molar-refractivity contribution >= 4 is 17.6 Å². The van der Waals surface area contributed by atoms with Crippen LogP contribution in [0.5, 0.6) is 0 Å². The van der Waals surface area contributed by atoms with Crippen molar-refractivity contribution in [3.8, 4) is 5.69 Å². The molecule has 0 aliphatic heterocycles. The molecular weight excluding hydrogens is 246 g/mol. The summed E-state index contributed by atoms with van der Waals surface area (Å²) in [5.74, 6) is 0.783. The molecule has 0 aliphatic carbocycles. The Morgan fingerprint density at radius 1 is 1.17 bits per heavy atom. The van der Waals surface area contributed by atoms with Gasteiger partial charge in [0.1, 0.15) is 5.82 Å². The van der Waals surface area contributed by atoms with E-state index >= 15 is 0 Å². The minimum absolute atomic E-state index is 0.00155. The first-order valence-corrected chi connectivity index (χ1v) is 6.34. The van der Waals surface area contributed by atoms with Gasteiger partial charge in [0.25, 0.3) is 0 Å². The molecule has 2 rings (SSSR count). The maximum absolute atomic E-state index is 5.77. The minimum Gasteiger partial charge on any atom is -0.282 e. The fourth-order valence-corrected chi connectivity index (χ4v) is 1.83. The zero-order valence-corrected chi connectivity index (χ0v) is 11.9. The van der Waals surface area contributed by atoms with E-state index in [9.17, 15) is 0 Å². The first kappa shape index (κ1) is 13.0. The van der Waals surface area contributed by atoms with Crippen LogP contribution in [0.1, 0.15) is 32.0 Å². The van der Waals surface area contributed by atoms with Crippen LogP contribution >= 0.6 is 11.8 Å². The number of halogens is 1. The van der Waals surface area contributed by atoms with Crippen molar-refractivity contribution in [2.24, 2.45) is 0 Å². The van der Waals surface area contributed by atoms with Crippen molar-refractivity contribution in [2.45, 2.75) is 33.1 Å². The maximum Gasteiger partial charge on any atom is 0.144 e. The second kappa shape index (κ2) is 4.65. The molecule has 3 nitrogen and oxygen atoms in total. The minimum atomic E-state index is -0.00155. The van der Waals surface area contributed by atoms with Crippen molar-refractivity contribution in [3.63, 3.8) is 0 Å². The molecule has 0 saturated carbocycles. The standard InChI is InChI=1S/C14H18ClN3/c1-10-5-7-11(8-6-10)18-13(16-15)9-12(17-18)14(2,3)4/h5-9,16H,1-4H3. The summed E-state index contributed by atoms with van der Waals surface area (Å²) in [6, 6.07) is 10.2. The lowest BCUT2D eigenvalue weighted by Gasteiger charge is -2.14. The third kappa shape index (κ3) is 2.51. The van der Waals surface area contributed by atoms with Crippen LogP contribution in [0.2, 0.25) is 0 Å². The van der Waals surface area contributed by atoms with Gasteiger partial charge in [0, 0.05) is 23.3 Å². The monoisotopic (exact) mass is 263 g/mol. The lowest BCUT2D eigenvalue weighted by molar-refractivity contribution is 0.560. The molecule has 2 aromatic rings. The molecule has 18 heavy (non-hydrogen) atoms. The molecule has 0 fully saturated rings. The summed E-state index contributed by atoms with van der Waals surface area (Å²) >= 11 is 5.77. The lowest BCUT2D eigenvalue weighted by Crippen LogP contribution is -2.12. The molecule has 0 spiro atoms. The third-order valence-corrected chi connectivity index (χ3v) is 3.05. The Bertz CT molecular complexity index is 535. The van der Waals surface area contributed by atoms with Gasteiger partial charge in [0.15, 0.2) is 0 Å². The van der Waals surface area contributed by atoms with Crippen molar-refractivity contribution in [2.75, 3.05) is 4.84 Å². The Labute approximate surface area is 113 Å². The molecule has 4 heteroatoms. The molecule has 0 radical (unpaired) electrons. The topological polar surface area (TPSA) is 29.9 Å². The Morgan fingerprint density at radius 2 is 1.78 bits per heavy atom. The van der Waals surface area contributed by atoms with Crippen LogP contribution in [0.3, 0.4) is 0 Å². The van der Waals surface area contributed by atoms with E-state index in [1.165, 1.54) is 5.56 Å². The Kier molecular flexibility index (Phi) is 3.35. The van der Waals surface area contributed by atoms with E-state index in [2.05, 4.69) is 49.8 Å². The quantitative estimate of drug-likeness (QED) is 0.829. The number of hydrogen-bond acceptors (Lipinski definition) is 2. The van der Waals surface area contributed by atoms with E-state index in [0.29, 0.717) is 0 Å². The predicted molar refractivity (Wildman–Crippen MR) is 76.5 cm³/mol. The van der Waals surface area contributed by atoms with Gasteiger partial charge in [-0.25, -0.2) is 4.68 Å². The van der Waals surface area contributed by atoms with Gasteiger partial charge in [-0.3, -0.25) is 4.84 Å². The van der Waals surface area contributed by atoms with E-state index in [-0.39, 0.29) is 5.41 Å². The van der Waals surface area contributed by atoms with Crippen LogP contribution in [-0.2, 0) is 5.41 Å². The zero-order valence-electron chi connectivity index (χ0n) is 11.2. The molecule has 96 valence electrons. The van der Waals surface area contributed by atoms with Gasteiger partial charge in [-0.1, -0.05) is 38.5 Å². The van der Waals surface area contributed by atoms with E-state index in [4.69, 9.17) is 11.8 Å². The van der Waals surface area contributed by atoms with E-state index in [1.807, 2.05) is 22.9 Å². The van der Waals surface area contributed by atoms with E-state index in [0.717, 1.165) is 17.2 Å². The first-order chi connectivity index (χ1) is 8.41. The normalized spacial score (nSPS) is 11.6. The number of aromatic nitrogens is 2. The van der Waals surface area contributed by atoms with Crippen molar-refractivity contribution < 1.29 is 0 Å². The van der Waals surface area contributed by atoms with Crippen LogP contribution < -0.4 is 4.84 Å². The van der Waals surface area contributed by atoms with Crippen LogP contribution in [-0.4, -0.2) is 9.78 Å². The number of nitrogens with one attached hydrogen (secondary N) is 1. The van der Waals surface area contributed by atoms with Gasteiger partial charge < -0.3 is 0 Å². The summed E-state index contributed by atoms with van der Waals surface area (Å²) in [7, 11) is 0. The summed E-state index contributed by atoms with van der Waals surface area (Å²) in [6.07, 6.45) is 0. The summed E-state index contributed by atoms with van der Waals surface area (Å²) in [5, 5.41) is 4.62. The maximum atomic E-state index is 5.77. The highest BCUT2D eigenvalue weighted by atomic mass is 35.5. The highest BCUT2D eigenvalue weighted by molar-refractivity contribution is 6.23. The molecule has 0 bridgehead atoms. The summed E-state index contributed by atoms with van der Waals surface area (Å²) in [5.41, 5.74) is 3.23. The van der Waals surface area contributed by atoms with Gasteiger partial charge in [0.2, 0.25) is 0 Å². The van der Waals surface area contributed by atoms with Gasteiger partial charge in [-0.15, -0.1) is 0 Å². The van der Waals surface area contributed by atoms with Gasteiger partial charge >= 0.3 is 0 Å².